The van der Waals surface area contributed by atoms with Crippen molar-refractivity contribution in [2.75, 3.05) is 13.1 Å². The highest BCUT2D eigenvalue weighted by Crippen LogP contribution is 2.32. The Hall–Kier alpha value is -2.33. The topological polar surface area (TPSA) is 50.4 Å². The summed E-state index contributed by atoms with van der Waals surface area (Å²) in [5, 5.41) is 6.52. The van der Waals surface area contributed by atoms with E-state index in [1.54, 1.807) is 0 Å². The highest BCUT2D eigenvalue weighted by atomic mass is 16.6. The van der Waals surface area contributed by atoms with Crippen LogP contribution in [0.1, 0.15) is 68.9 Å². The van der Waals surface area contributed by atoms with Gasteiger partial charge in [0.1, 0.15) is 6.10 Å². The van der Waals surface area contributed by atoms with Gasteiger partial charge in [0.15, 0.2) is 0 Å². The summed E-state index contributed by atoms with van der Waals surface area (Å²) in [7, 11) is 0. The van der Waals surface area contributed by atoms with Crippen LogP contribution < -0.4 is 10.6 Å². The standard InChI is InChI=1S/C26H36N2O2/c1-2-3-4-5-6-13-18-27-26(29)30-23-19-24(28-20-23)25(21-14-9-7-10-15-21)22-16-11-8-12-17-22/h7-12,14-17,23-25,28H,2-6,13,18-20H2,1H3,(H,27,29)/t23-,24-/m1/s1. The largest absolute Gasteiger partial charge is 0.445 e. The maximum absolute atomic E-state index is 12.2. The van der Waals surface area contributed by atoms with E-state index >= 15 is 0 Å². The highest BCUT2D eigenvalue weighted by Gasteiger charge is 2.34. The summed E-state index contributed by atoms with van der Waals surface area (Å²) in [6.07, 6.45) is 7.74. The lowest BCUT2D eigenvalue weighted by molar-refractivity contribution is 0.106. The van der Waals surface area contributed by atoms with E-state index in [-0.39, 0.29) is 24.2 Å². The first-order valence-corrected chi connectivity index (χ1v) is 11.6. The number of carbonyl (C=O) groups excluding carboxylic acids is 1. The number of hydrogen-bond acceptors (Lipinski definition) is 3. The lowest BCUT2D eigenvalue weighted by atomic mass is 9.84. The minimum Gasteiger partial charge on any atom is -0.445 e. The predicted molar refractivity (Wildman–Crippen MR) is 123 cm³/mol. The van der Waals surface area contributed by atoms with E-state index in [1.165, 1.54) is 43.2 Å². The molecule has 2 aromatic carbocycles. The summed E-state index contributed by atoms with van der Waals surface area (Å²) >= 11 is 0. The molecule has 0 unspecified atom stereocenters. The van der Waals surface area contributed by atoms with Gasteiger partial charge in [0.05, 0.1) is 0 Å². The molecule has 1 fully saturated rings. The molecular weight excluding hydrogens is 372 g/mol. The highest BCUT2D eigenvalue weighted by molar-refractivity contribution is 5.67. The van der Waals surface area contributed by atoms with Crippen LogP contribution in [-0.4, -0.2) is 31.3 Å². The van der Waals surface area contributed by atoms with Gasteiger partial charge in [-0.05, 0) is 17.5 Å². The zero-order chi connectivity index (χ0) is 21.0. The minimum absolute atomic E-state index is 0.0884. The molecule has 1 amide bonds. The molecule has 3 rings (SSSR count). The van der Waals surface area contributed by atoms with E-state index in [0.717, 1.165) is 12.8 Å². The van der Waals surface area contributed by atoms with Crippen LogP contribution >= 0.6 is 0 Å². The first-order valence-electron chi connectivity index (χ1n) is 11.6. The molecule has 0 bridgehead atoms. The van der Waals surface area contributed by atoms with E-state index in [4.69, 9.17) is 4.74 Å². The molecule has 0 radical (unpaired) electrons. The van der Waals surface area contributed by atoms with Crippen LogP contribution in [0.15, 0.2) is 60.7 Å². The average Bonchev–Trinajstić information content (AvgIpc) is 3.22. The quantitative estimate of drug-likeness (QED) is 0.473. The zero-order valence-electron chi connectivity index (χ0n) is 18.2. The summed E-state index contributed by atoms with van der Waals surface area (Å²) in [5.74, 6) is 0.243. The average molecular weight is 409 g/mol. The van der Waals surface area contributed by atoms with Crippen molar-refractivity contribution < 1.29 is 9.53 Å². The number of amides is 1. The number of nitrogens with one attached hydrogen (secondary N) is 2. The minimum atomic E-state index is -0.285. The van der Waals surface area contributed by atoms with Crippen molar-refractivity contribution in [3.05, 3.63) is 71.8 Å². The van der Waals surface area contributed by atoms with Crippen molar-refractivity contribution >= 4 is 6.09 Å². The van der Waals surface area contributed by atoms with E-state index in [9.17, 15) is 4.79 Å². The monoisotopic (exact) mass is 408 g/mol. The second-order valence-corrected chi connectivity index (χ2v) is 8.27. The van der Waals surface area contributed by atoms with Gasteiger partial charge in [0, 0.05) is 31.5 Å². The summed E-state index contributed by atoms with van der Waals surface area (Å²) in [4.78, 5) is 12.2. The van der Waals surface area contributed by atoms with Gasteiger partial charge in [-0.3, -0.25) is 0 Å². The SMILES string of the molecule is CCCCCCCCNC(=O)O[C@H]1CN[C@@H](C(c2ccccc2)c2ccccc2)C1. The molecule has 4 nitrogen and oxygen atoms in total. The normalized spacial score (nSPS) is 18.5. The molecule has 2 aromatic rings. The van der Waals surface area contributed by atoms with Crippen molar-refractivity contribution in [3.63, 3.8) is 0 Å². The second-order valence-electron chi connectivity index (χ2n) is 8.27. The lowest BCUT2D eigenvalue weighted by Crippen LogP contribution is -2.30. The van der Waals surface area contributed by atoms with Crippen LogP contribution in [0.3, 0.4) is 0 Å². The van der Waals surface area contributed by atoms with Gasteiger partial charge < -0.3 is 15.4 Å². The van der Waals surface area contributed by atoms with E-state index in [2.05, 4.69) is 66.1 Å². The molecule has 1 aliphatic heterocycles. The third-order valence-corrected chi connectivity index (χ3v) is 5.92. The van der Waals surface area contributed by atoms with E-state index in [0.29, 0.717) is 13.1 Å². The Morgan fingerprint density at radius 2 is 1.57 bits per heavy atom. The molecule has 30 heavy (non-hydrogen) atoms. The maximum atomic E-state index is 12.2. The molecule has 1 saturated heterocycles. The number of carbonyl (C=O) groups is 1. The molecule has 2 N–H and O–H groups in total. The van der Waals surface area contributed by atoms with Gasteiger partial charge in [0.2, 0.25) is 0 Å². The number of benzene rings is 2. The van der Waals surface area contributed by atoms with Crippen LogP contribution in [0.5, 0.6) is 0 Å². The molecule has 2 atom stereocenters. The van der Waals surface area contributed by atoms with Gasteiger partial charge >= 0.3 is 6.09 Å². The summed E-state index contributed by atoms with van der Waals surface area (Å²) < 4.78 is 5.70. The first-order chi connectivity index (χ1) is 14.8. The molecular formula is C26H36N2O2. The predicted octanol–water partition coefficient (Wildman–Crippen LogP) is 5.64. The van der Waals surface area contributed by atoms with Crippen molar-refractivity contribution in [2.45, 2.75) is 69.9 Å². The van der Waals surface area contributed by atoms with Crippen molar-refractivity contribution in [1.29, 1.82) is 0 Å². The molecule has 1 heterocycles. The number of alkyl carbamates (subject to hydrolysis) is 1. The van der Waals surface area contributed by atoms with Gasteiger partial charge in [-0.2, -0.15) is 0 Å². The Morgan fingerprint density at radius 1 is 0.967 bits per heavy atom. The number of unbranched alkanes of at least 4 members (excludes halogenated alkanes) is 5. The van der Waals surface area contributed by atoms with E-state index < -0.39 is 0 Å². The van der Waals surface area contributed by atoms with E-state index in [1.807, 2.05) is 12.1 Å². The Kier molecular flexibility index (Phi) is 9.23. The molecule has 0 aromatic heterocycles. The molecule has 162 valence electrons. The Morgan fingerprint density at radius 3 is 2.20 bits per heavy atom. The maximum Gasteiger partial charge on any atom is 0.407 e. The fourth-order valence-corrected chi connectivity index (χ4v) is 4.34. The van der Waals surface area contributed by atoms with Gasteiger partial charge in [-0.15, -0.1) is 0 Å². The fourth-order valence-electron chi connectivity index (χ4n) is 4.34. The van der Waals surface area contributed by atoms with Gasteiger partial charge in [0.25, 0.3) is 0 Å². The van der Waals surface area contributed by atoms with Crippen molar-refractivity contribution in [2.24, 2.45) is 0 Å². The third kappa shape index (κ3) is 6.88. The Balaban J connectivity index is 1.48. The van der Waals surface area contributed by atoms with Gasteiger partial charge in [-0.25, -0.2) is 4.79 Å². The molecule has 0 spiro atoms. The second kappa shape index (κ2) is 12.4. The van der Waals surface area contributed by atoms with Crippen LogP contribution in [-0.2, 0) is 4.74 Å². The summed E-state index contributed by atoms with van der Waals surface area (Å²) in [5.41, 5.74) is 2.57. The van der Waals surface area contributed by atoms with Crippen LogP contribution in [0, 0.1) is 0 Å². The van der Waals surface area contributed by atoms with Gasteiger partial charge in [-0.1, -0.05) is 99.7 Å². The Labute approximate surface area is 181 Å². The summed E-state index contributed by atoms with van der Waals surface area (Å²) in [6, 6.07) is 21.4. The first kappa shape index (κ1) is 22.4. The fraction of sp³-hybridized carbons (Fsp3) is 0.500. The van der Waals surface area contributed by atoms with Crippen molar-refractivity contribution in [1.82, 2.24) is 10.6 Å². The van der Waals surface area contributed by atoms with Crippen LogP contribution in [0.25, 0.3) is 0 Å². The van der Waals surface area contributed by atoms with Crippen LogP contribution in [0.4, 0.5) is 4.79 Å². The lowest BCUT2D eigenvalue weighted by Gasteiger charge is -2.25. The number of ether oxygens (including phenoxy) is 1. The molecule has 4 heteroatoms. The molecule has 0 saturated carbocycles. The third-order valence-electron chi connectivity index (χ3n) is 5.92. The molecule has 0 aliphatic carbocycles. The number of rotatable bonds is 11. The van der Waals surface area contributed by atoms with Crippen LogP contribution in [0.2, 0.25) is 0 Å². The van der Waals surface area contributed by atoms with Crippen molar-refractivity contribution in [3.8, 4) is 0 Å². The summed E-state index contributed by atoms with van der Waals surface area (Å²) in [6.45, 7) is 3.62. The molecule has 1 aliphatic rings. The smallest absolute Gasteiger partial charge is 0.407 e. The zero-order valence-corrected chi connectivity index (χ0v) is 18.2. The number of hydrogen-bond donors (Lipinski definition) is 2. The Bertz CT molecular complexity index is 696.